The summed E-state index contributed by atoms with van der Waals surface area (Å²) in [5.74, 6) is -0.677. The quantitative estimate of drug-likeness (QED) is 0.855. The zero-order valence-electron chi connectivity index (χ0n) is 10.8. The number of halogens is 3. The van der Waals surface area contributed by atoms with Gasteiger partial charge in [0.2, 0.25) is 0 Å². The standard InChI is InChI=1S/C14H12F3N3O/c15-14(16,17)9-4-5-12(18)11(7-9)13(21)20-8-10-3-1-2-6-19-10/h1-7H,8,18H2,(H,20,21). The Bertz CT molecular complexity index is 642. The number of benzene rings is 1. The second-order valence-electron chi connectivity index (χ2n) is 4.30. The minimum Gasteiger partial charge on any atom is -0.398 e. The number of nitrogens with two attached hydrogens (primary N) is 1. The van der Waals surface area contributed by atoms with Crippen molar-refractivity contribution in [1.29, 1.82) is 0 Å². The molecule has 0 radical (unpaired) electrons. The summed E-state index contributed by atoms with van der Waals surface area (Å²) >= 11 is 0. The second kappa shape index (κ2) is 5.82. The number of pyridine rings is 1. The van der Waals surface area contributed by atoms with Gasteiger partial charge in [-0.1, -0.05) is 6.07 Å². The molecule has 1 aromatic carbocycles. The minimum absolute atomic E-state index is 0.0125. The molecule has 0 aliphatic rings. The van der Waals surface area contributed by atoms with E-state index in [0.717, 1.165) is 18.2 Å². The maximum atomic E-state index is 12.6. The van der Waals surface area contributed by atoms with E-state index >= 15 is 0 Å². The molecule has 0 saturated heterocycles. The lowest BCUT2D eigenvalue weighted by molar-refractivity contribution is -0.137. The van der Waals surface area contributed by atoms with Crippen LogP contribution in [-0.4, -0.2) is 10.9 Å². The fourth-order valence-electron chi connectivity index (χ4n) is 1.70. The van der Waals surface area contributed by atoms with Crippen LogP contribution in [0.25, 0.3) is 0 Å². The summed E-state index contributed by atoms with van der Waals surface area (Å²) in [4.78, 5) is 15.9. The molecular weight excluding hydrogens is 283 g/mol. The summed E-state index contributed by atoms with van der Waals surface area (Å²) in [6.45, 7) is 0.107. The third-order valence-electron chi connectivity index (χ3n) is 2.78. The van der Waals surface area contributed by atoms with Crippen molar-refractivity contribution in [2.45, 2.75) is 12.7 Å². The Labute approximate surface area is 118 Å². The maximum absolute atomic E-state index is 12.6. The van der Waals surface area contributed by atoms with Crippen molar-refractivity contribution < 1.29 is 18.0 Å². The zero-order valence-corrected chi connectivity index (χ0v) is 10.8. The van der Waals surface area contributed by atoms with Crippen LogP contribution >= 0.6 is 0 Å². The monoisotopic (exact) mass is 295 g/mol. The van der Waals surface area contributed by atoms with Crippen molar-refractivity contribution in [2.75, 3.05) is 5.73 Å². The highest BCUT2D eigenvalue weighted by Crippen LogP contribution is 2.31. The van der Waals surface area contributed by atoms with Gasteiger partial charge in [0, 0.05) is 11.9 Å². The molecule has 0 fully saturated rings. The highest BCUT2D eigenvalue weighted by molar-refractivity contribution is 5.99. The van der Waals surface area contributed by atoms with Gasteiger partial charge in [-0.2, -0.15) is 13.2 Å². The number of amides is 1. The lowest BCUT2D eigenvalue weighted by atomic mass is 10.1. The largest absolute Gasteiger partial charge is 0.416 e. The molecule has 0 aliphatic carbocycles. The van der Waals surface area contributed by atoms with Gasteiger partial charge in [0.1, 0.15) is 0 Å². The number of rotatable bonds is 3. The Morgan fingerprint density at radius 1 is 1.24 bits per heavy atom. The van der Waals surface area contributed by atoms with Crippen LogP contribution in [-0.2, 0) is 12.7 Å². The van der Waals surface area contributed by atoms with E-state index in [1.165, 1.54) is 0 Å². The lowest BCUT2D eigenvalue weighted by Gasteiger charge is -2.11. The summed E-state index contributed by atoms with van der Waals surface area (Å²) in [5.41, 5.74) is 5.02. The van der Waals surface area contributed by atoms with E-state index < -0.39 is 17.6 Å². The molecule has 2 rings (SSSR count). The molecule has 1 amide bonds. The highest BCUT2D eigenvalue weighted by atomic mass is 19.4. The SMILES string of the molecule is Nc1ccc(C(F)(F)F)cc1C(=O)NCc1ccccn1. The normalized spacial score (nSPS) is 11.2. The second-order valence-corrected chi connectivity index (χ2v) is 4.30. The number of hydrogen-bond donors (Lipinski definition) is 2. The van der Waals surface area contributed by atoms with E-state index in [4.69, 9.17) is 5.73 Å². The van der Waals surface area contributed by atoms with Gasteiger partial charge in [0.15, 0.2) is 0 Å². The Kier molecular flexibility index (Phi) is 4.11. The summed E-state index contributed by atoms with van der Waals surface area (Å²) in [6, 6.07) is 7.80. The van der Waals surface area contributed by atoms with Crippen molar-refractivity contribution in [3.8, 4) is 0 Å². The summed E-state index contributed by atoms with van der Waals surface area (Å²) in [7, 11) is 0. The first kappa shape index (κ1) is 14.8. The van der Waals surface area contributed by atoms with Crippen molar-refractivity contribution in [3.63, 3.8) is 0 Å². The molecule has 0 unspecified atom stereocenters. The fraction of sp³-hybridized carbons (Fsp3) is 0.143. The lowest BCUT2D eigenvalue weighted by Crippen LogP contribution is -2.24. The Hall–Kier alpha value is -2.57. The van der Waals surface area contributed by atoms with E-state index in [9.17, 15) is 18.0 Å². The van der Waals surface area contributed by atoms with E-state index in [1.807, 2.05) is 0 Å². The van der Waals surface area contributed by atoms with Gasteiger partial charge in [-0.25, -0.2) is 0 Å². The van der Waals surface area contributed by atoms with Crippen LogP contribution in [0, 0.1) is 0 Å². The van der Waals surface area contributed by atoms with Gasteiger partial charge in [-0.05, 0) is 30.3 Å². The van der Waals surface area contributed by atoms with Crippen molar-refractivity contribution in [2.24, 2.45) is 0 Å². The number of nitrogens with one attached hydrogen (secondary N) is 1. The van der Waals surface area contributed by atoms with Crippen molar-refractivity contribution >= 4 is 11.6 Å². The van der Waals surface area contributed by atoms with Crippen LogP contribution < -0.4 is 11.1 Å². The zero-order chi connectivity index (χ0) is 15.5. The number of aromatic nitrogens is 1. The number of carbonyl (C=O) groups is 1. The molecule has 0 bridgehead atoms. The van der Waals surface area contributed by atoms with Gasteiger partial charge in [-0.15, -0.1) is 0 Å². The molecular formula is C14H12F3N3O. The highest BCUT2D eigenvalue weighted by Gasteiger charge is 2.31. The Morgan fingerprint density at radius 2 is 2.00 bits per heavy atom. The van der Waals surface area contributed by atoms with E-state index in [1.54, 1.807) is 24.4 Å². The molecule has 3 N–H and O–H groups in total. The molecule has 7 heteroatoms. The third-order valence-corrected chi connectivity index (χ3v) is 2.78. The molecule has 0 atom stereocenters. The molecule has 0 saturated carbocycles. The topological polar surface area (TPSA) is 68.0 Å². The van der Waals surface area contributed by atoms with E-state index in [0.29, 0.717) is 5.69 Å². The van der Waals surface area contributed by atoms with E-state index in [2.05, 4.69) is 10.3 Å². The molecule has 0 spiro atoms. The molecule has 0 aliphatic heterocycles. The molecule has 2 aromatic rings. The maximum Gasteiger partial charge on any atom is 0.416 e. The average Bonchev–Trinajstić information content (AvgIpc) is 2.45. The number of carbonyl (C=O) groups excluding carboxylic acids is 1. The molecule has 21 heavy (non-hydrogen) atoms. The van der Waals surface area contributed by atoms with Crippen LogP contribution in [0.2, 0.25) is 0 Å². The van der Waals surface area contributed by atoms with Gasteiger partial charge >= 0.3 is 6.18 Å². The number of nitrogen functional groups attached to an aromatic ring is 1. The fourth-order valence-corrected chi connectivity index (χ4v) is 1.70. The first-order chi connectivity index (χ1) is 9.88. The molecule has 1 heterocycles. The van der Waals surface area contributed by atoms with Crippen LogP contribution in [0.15, 0.2) is 42.6 Å². The van der Waals surface area contributed by atoms with Gasteiger partial charge < -0.3 is 11.1 Å². The predicted octanol–water partition coefficient (Wildman–Crippen LogP) is 2.61. The summed E-state index contributed by atoms with van der Waals surface area (Å²) in [6.07, 6.45) is -2.97. The number of anilines is 1. The molecule has 110 valence electrons. The van der Waals surface area contributed by atoms with Gasteiger partial charge in [-0.3, -0.25) is 9.78 Å². The molecule has 4 nitrogen and oxygen atoms in total. The van der Waals surface area contributed by atoms with E-state index in [-0.39, 0.29) is 17.8 Å². The van der Waals surface area contributed by atoms with Crippen molar-refractivity contribution in [1.82, 2.24) is 10.3 Å². The number of alkyl halides is 3. The van der Waals surface area contributed by atoms with Gasteiger partial charge in [0.05, 0.1) is 23.4 Å². The minimum atomic E-state index is -4.52. The van der Waals surface area contributed by atoms with Crippen LogP contribution in [0.4, 0.5) is 18.9 Å². The van der Waals surface area contributed by atoms with Crippen molar-refractivity contribution in [3.05, 3.63) is 59.4 Å². The third kappa shape index (κ3) is 3.71. The van der Waals surface area contributed by atoms with Crippen LogP contribution in [0.3, 0.4) is 0 Å². The smallest absolute Gasteiger partial charge is 0.398 e. The summed E-state index contributed by atoms with van der Waals surface area (Å²) < 4.78 is 37.9. The van der Waals surface area contributed by atoms with Crippen LogP contribution in [0.1, 0.15) is 21.6 Å². The Balaban J connectivity index is 2.15. The van der Waals surface area contributed by atoms with Gasteiger partial charge in [0.25, 0.3) is 5.91 Å². The number of nitrogens with zero attached hydrogens (tertiary/aromatic N) is 1. The first-order valence-corrected chi connectivity index (χ1v) is 6.03. The molecule has 1 aromatic heterocycles. The van der Waals surface area contributed by atoms with Crippen LogP contribution in [0.5, 0.6) is 0 Å². The summed E-state index contributed by atoms with van der Waals surface area (Å²) in [5, 5.41) is 2.49. The number of hydrogen-bond acceptors (Lipinski definition) is 3. The Morgan fingerprint density at radius 3 is 2.62 bits per heavy atom. The predicted molar refractivity (Wildman–Crippen MR) is 71.3 cm³/mol. The first-order valence-electron chi connectivity index (χ1n) is 6.03. The average molecular weight is 295 g/mol.